The number of aromatic nitrogens is 3. The molecule has 0 saturated heterocycles. The minimum absolute atomic E-state index is 0.532. The molecule has 0 saturated carbocycles. The van der Waals surface area contributed by atoms with Gasteiger partial charge in [0.15, 0.2) is 0 Å². The van der Waals surface area contributed by atoms with Gasteiger partial charge >= 0.3 is 0 Å². The predicted octanol–water partition coefficient (Wildman–Crippen LogP) is 3.35. The van der Waals surface area contributed by atoms with E-state index in [1.165, 1.54) is 6.33 Å². The van der Waals surface area contributed by atoms with Gasteiger partial charge in [-0.15, -0.1) is 0 Å². The maximum absolute atomic E-state index is 6.06. The number of nitrogens with zero attached hydrogens (tertiary/aromatic N) is 3. The van der Waals surface area contributed by atoms with Crippen molar-refractivity contribution in [1.82, 2.24) is 15.0 Å². The Morgan fingerprint density at radius 2 is 1.88 bits per heavy atom. The molecule has 17 heavy (non-hydrogen) atoms. The minimum atomic E-state index is 0.532. The van der Waals surface area contributed by atoms with E-state index in [-0.39, 0.29) is 0 Å². The van der Waals surface area contributed by atoms with Crippen molar-refractivity contribution in [1.29, 1.82) is 0 Å². The van der Waals surface area contributed by atoms with Crippen LogP contribution in [0, 0.1) is 0 Å². The van der Waals surface area contributed by atoms with Gasteiger partial charge < -0.3 is 0 Å². The van der Waals surface area contributed by atoms with Gasteiger partial charge in [-0.2, -0.15) is 0 Å². The fourth-order valence-electron chi connectivity index (χ4n) is 1.73. The molecule has 0 amide bonds. The van der Waals surface area contributed by atoms with Crippen LogP contribution in [0.25, 0.3) is 22.2 Å². The molecule has 2 heterocycles. The third-order valence-corrected chi connectivity index (χ3v) is 2.81. The van der Waals surface area contributed by atoms with Crippen LogP contribution in [0.2, 0.25) is 5.02 Å². The van der Waals surface area contributed by atoms with Crippen molar-refractivity contribution >= 4 is 22.5 Å². The van der Waals surface area contributed by atoms with Gasteiger partial charge in [-0.25, -0.2) is 9.97 Å². The molecule has 3 aromatic rings. The van der Waals surface area contributed by atoms with Crippen molar-refractivity contribution in [3.63, 3.8) is 0 Å². The van der Waals surface area contributed by atoms with E-state index in [1.807, 2.05) is 30.3 Å². The molecule has 82 valence electrons. The molecule has 3 nitrogen and oxygen atoms in total. The standard InChI is InChI=1S/C13H8ClN3/c14-11-7-15-8-17-13(11)10-5-9-3-1-2-4-12(9)16-6-10/h1-8H. The van der Waals surface area contributed by atoms with Crippen LogP contribution in [-0.2, 0) is 0 Å². The first-order valence-electron chi connectivity index (χ1n) is 5.15. The molecular weight excluding hydrogens is 234 g/mol. The van der Waals surface area contributed by atoms with Crippen LogP contribution in [0.5, 0.6) is 0 Å². The lowest BCUT2D eigenvalue weighted by atomic mass is 10.1. The number of pyridine rings is 1. The summed E-state index contributed by atoms with van der Waals surface area (Å²) in [6.45, 7) is 0. The number of hydrogen-bond acceptors (Lipinski definition) is 3. The number of hydrogen-bond donors (Lipinski definition) is 0. The Morgan fingerprint density at radius 3 is 2.76 bits per heavy atom. The van der Waals surface area contributed by atoms with Gasteiger partial charge in [-0.3, -0.25) is 4.98 Å². The second-order valence-corrected chi connectivity index (χ2v) is 4.04. The van der Waals surface area contributed by atoms with Crippen LogP contribution in [0.1, 0.15) is 0 Å². The SMILES string of the molecule is Clc1cncnc1-c1cnc2ccccc2c1. The van der Waals surface area contributed by atoms with Gasteiger partial charge in [0, 0.05) is 23.3 Å². The Hall–Kier alpha value is -2.00. The first-order valence-corrected chi connectivity index (χ1v) is 5.53. The van der Waals surface area contributed by atoms with Gasteiger partial charge in [0.2, 0.25) is 0 Å². The molecule has 0 aliphatic carbocycles. The molecule has 2 aromatic heterocycles. The number of para-hydroxylation sites is 1. The minimum Gasteiger partial charge on any atom is -0.256 e. The lowest BCUT2D eigenvalue weighted by molar-refractivity contribution is 1.17. The monoisotopic (exact) mass is 241 g/mol. The second-order valence-electron chi connectivity index (χ2n) is 3.64. The molecule has 0 N–H and O–H groups in total. The van der Waals surface area contributed by atoms with Crippen LogP contribution in [0.15, 0.2) is 49.1 Å². The first kappa shape index (κ1) is 10.2. The highest BCUT2D eigenvalue weighted by Crippen LogP contribution is 2.26. The third kappa shape index (κ3) is 1.85. The van der Waals surface area contributed by atoms with Gasteiger partial charge in [-0.05, 0) is 12.1 Å². The average Bonchev–Trinajstić information content (AvgIpc) is 2.39. The van der Waals surface area contributed by atoms with Crippen LogP contribution >= 0.6 is 11.6 Å². The predicted molar refractivity (Wildman–Crippen MR) is 67.8 cm³/mol. The zero-order valence-corrected chi connectivity index (χ0v) is 9.59. The lowest BCUT2D eigenvalue weighted by Gasteiger charge is -2.03. The fraction of sp³-hybridized carbons (Fsp3) is 0. The summed E-state index contributed by atoms with van der Waals surface area (Å²) in [5, 5.41) is 1.60. The Kier molecular flexibility index (Phi) is 2.46. The summed E-state index contributed by atoms with van der Waals surface area (Å²) < 4.78 is 0. The van der Waals surface area contributed by atoms with Gasteiger partial charge in [0.1, 0.15) is 6.33 Å². The maximum atomic E-state index is 6.06. The fourth-order valence-corrected chi connectivity index (χ4v) is 1.94. The van der Waals surface area contributed by atoms with Crippen molar-refractivity contribution in [2.75, 3.05) is 0 Å². The van der Waals surface area contributed by atoms with Gasteiger partial charge in [-0.1, -0.05) is 29.8 Å². The Morgan fingerprint density at radius 1 is 1.00 bits per heavy atom. The second kappa shape index (κ2) is 4.11. The normalized spacial score (nSPS) is 10.6. The topological polar surface area (TPSA) is 38.7 Å². The van der Waals surface area contributed by atoms with Gasteiger partial charge in [0.05, 0.1) is 16.2 Å². The van der Waals surface area contributed by atoms with Crippen molar-refractivity contribution in [2.24, 2.45) is 0 Å². The summed E-state index contributed by atoms with van der Waals surface area (Å²) in [4.78, 5) is 12.4. The molecule has 0 fully saturated rings. The van der Waals surface area contributed by atoms with E-state index in [2.05, 4.69) is 15.0 Å². The van der Waals surface area contributed by atoms with Crippen molar-refractivity contribution in [3.05, 3.63) is 54.1 Å². The lowest BCUT2D eigenvalue weighted by Crippen LogP contribution is -1.88. The quantitative estimate of drug-likeness (QED) is 0.656. The zero-order chi connectivity index (χ0) is 11.7. The Labute approximate surface area is 103 Å². The number of benzene rings is 1. The third-order valence-electron chi connectivity index (χ3n) is 2.53. The molecular formula is C13H8ClN3. The summed E-state index contributed by atoms with van der Waals surface area (Å²) >= 11 is 6.06. The summed E-state index contributed by atoms with van der Waals surface area (Å²) in [7, 11) is 0. The molecule has 0 spiro atoms. The van der Waals surface area contributed by atoms with E-state index >= 15 is 0 Å². The highest BCUT2D eigenvalue weighted by molar-refractivity contribution is 6.32. The van der Waals surface area contributed by atoms with E-state index in [1.54, 1.807) is 12.4 Å². The van der Waals surface area contributed by atoms with Gasteiger partial charge in [0.25, 0.3) is 0 Å². The highest BCUT2D eigenvalue weighted by atomic mass is 35.5. The molecule has 0 bridgehead atoms. The summed E-state index contributed by atoms with van der Waals surface area (Å²) in [5.74, 6) is 0. The van der Waals surface area contributed by atoms with E-state index in [9.17, 15) is 0 Å². The molecule has 0 unspecified atom stereocenters. The smallest absolute Gasteiger partial charge is 0.116 e. The Balaban J connectivity index is 2.22. The summed E-state index contributed by atoms with van der Waals surface area (Å²) in [6.07, 6.45) is 4.84. The van der Waals surface area contributed by atoms with Crippen LogP contribution in [-0.4, -0.2) is 15.0 Å². The molecule has 3 rings (SSSR count). The molecule has 0 atom stereocenters. The van der Waals surface area contributed by atoms with E-state index in [0.29, 0.717) is 10.7 Å². The highest BCUT2D eigenvalue weighted by Gasteiger charge is 2.06. The van der Waals surface area contributed by atoms with E-state index in [0.717, 1.165) is 16.5 Å². The van der Waals surface area contributed by atoms with E-state index in [4.69, 9.17) is 11.6 Å². The molecule has 4 heteroatoms. The molecule has 0 radical (unpaired) electrons. The Bertz CT molecular complexity index is 682. The molecule has 1 aromatic carbocycles. The summed E-state index contributed by atoms with van der Waals surface area (Å²) in [5.41, 5.74) is 2.57. The maximum Gasteiger partial charge on any atom is 0.116 e. The molecule has 0 aliphatic heterocycles. The number of rotatable bonds is 1. The van der Waals surface area contributed by atoms with Crippen molar-refractivity contribution in [2.45, 2.75) is 0 Å². The van der Waals surface area contributed by atoms with E-state index < -0.39 is 0 Å². The van der Waals surface area contributed by atoms with Crippen molar-refractivity contribution < 1.29 is 0 Å². The number of halogens is 1. The van der Waals surface area contributed by atoms with Crippen LogP contribution in [0.3, 0.4) is 0 Å². The largest absolute Gasteiger partial charge is 0.256 e. The van der Waals surface area contributed by atoms with Crippen molar-refractivity contribution in [3.8, 4) is 11.3 Å². The number of fused-ring (bicyclic) bond motifs is 1. The molecule has 0 aliphatic rings. The van der Waals surface area contributed by atoms with Crippen LogP contribution in [0.4, 0.5) is 0 Å². The average molecular weight is 242 g/mol. The first-order chi connectivity index (χ1) is 8.34. The summed E-state index contributed by atoms with van der Waals surface area (Å²) in [6, 6.07) is 9.96. The zero-order valence-electron chi connectivity index (χ0n) is 8.84. The van der Waals surface area contributed by atoms with Crippen LogP contribution < -0.4 is 0 Å².